The number of hydrogen-bond acceptors (Lipinski definition) is 4. The van der Waals surface area contributed by atoms with Crippen molar-refractivity contribution in [3.63, 3.8) is 0 Å². The summed E-state index contributed by atoms with van der Waals surface area (Å²) in [5.74, 6) is 1.30. The highest BCUT2D eigenvalue weighted by atomic mass is 16.5. The zero-order valence-corrected chi connectivity index (χ0v) is 13.1. The molecule has 0 spiro atoms. The third-order valence-corrected chi connectivity index (χ3v) is 4.67. The smallest absolute Gasteiger partial charge is 0.314 e. The van der Waals surface area contributed by atoms with E-state index in [1.807, 2.05) is 0 Å². The number of carbonyl (C=O) groups excluding carboxylic acids is 1. The van der Waals surface area contributed by atoms with Crippen LogP contribution in [-0.2, 0) is 4.79 Å². The van der Waals surface area contributed by atoms with Gasteiger partial charge in [0.1, 0.15) is 11.3 Å². The Morgan fingerprint density at radius 3 is 2.91 bits per heavy atom. The number of hydrogen-bond donors (Lipinski definition) is 0. The Balaban J connectivity index is 1.54. The van der Waals surface area contributed by atoms with E-state index >= 15 is 0 Å². The Hall–Kier alpha value is -1.84. The number of nitrogens with zero attached hydrogens (tertiary/aromatic N) is 1. The van der Waals surface area contributed by atoms with Crippen LogP contribution in [0.15, 0.2) is 29.0 Å². The number of aromatic nitrogens is 1. The summed E-state index contributed by atoms with van der Waals surface area (Å²) in [5, 5.41) is 0. The van der Waals surface area contributed by atoms with Crippen LogP contribution >= 0.6 is 0 Å². The van der Waals surface area contributed by atoms with Crippen LogP contribution in [-0.4, -0.2) is 11.0 Å². The molecule has 4 heteroatoms. The zero-order chi connectivity index (χ0) is 15.4. The maximum Gasteiger partial charge on any atom is 0.314 e. The molecule has 1 aromatic carbocycles. The highest BCUT2D eigenvalue weighted by molar-refractivity contribution is 5.78. The molecule has 1 heterocycles. The minimum Gasteiger partial charge on any atom is -0.443 e. The van der Waals surface area contributed by atoms with Crippen molar-refractivity contribution in [3.05, 3.63) is 24.6 Å². The fraction of sp³-hybridized carbons (Fsp3) is 0.556. The maximum absolute atomic E-state index is 12.3. The number of unbranched alkanes of at least 4 members (excludes halogenated alkanes) is 1. The van der Waals surface area contributed by atoms with Crippen molar-refractivity contribution in [1.29, 1.82) is 0 Å². The second kappa shape index (κ2) is 6.95. The van der Waals surface area contributed by atoms with Gasteiger partial charge < -0.3 is 9.15 Å². The summed E-state index contributed by atoms with van der Waals surface area (Å²) >= 11 is 0. The summed E-state index contributed by atoms with van der Waals surface area (Å²) in [6.45, 7) is 2.23. The van der Waals surface area contributed by atoms with Crippen molar-refractivity contribution < 1.29 is 13.9 Å². The first kappa shape index (κ1) is 15.1. The lowest BCUT2D eigenvalue weighted by atomic mass is 9.80. The van der Waals surface area contributed by atoms with E-state index in [2.05, 4.69) is 11.9 Å². The van der Waals surface area contributed by atoms with Gasteiger partial charge in [0.2, 0.25) is 0 Å². The third kappa shape index (κ3) is 3.49. The monoisotopic (exact) mass is 301 g/mol. The van der Waals surface area contributed by atoms with E-state index in [0.29, 0.717) is 16.8 Å². The zero-order valence-electron chi connectivity index (χ0n) is 13.1. The van der Waals surface area contributed by atoms with Crippen LogP contribution < -0.4 is 4.74 Å². The van der Waals surface area contributed by atoms with Gasteiger partial charge in [-0.2, -0.15) is 0 Å². The number of oxazole rings is 1. The third-order valence-electron chi connectivity index (χ3n) is 4.67. The number of benzene rings is 1. The molecular weight excluding hydrogens is 278 g/mol. The highest BCUT2D eigenvalue weighted by Gasteiger charge is 2.27. The second-order valence-electron chi connectivity index (χ2n) is 6.26. The van der Waals surface area contributed by atoms with Gasteiger partial charge in [-0.25, -0.2) is 4.98 Å². The van der Waals surface area contributed by atoms with E-state index in [-0.39, 0.29) is 11.9 Å². The molecule has 0 aliphatic heterocycles. The predicted octanol–water partition coefficient (Wildman–Crippen LogP) is 4.73. The minimum atomic E-state index is -0.100. The Bertz CT molecular complexity index is 626. The van der Waals surface area contributed by atoms with Gasteiger partial charge in [-0.05, 0) is 43.7 Å². The molecule has 3 rings (SSSR count). The topological polar surface area (TPSA) is 52.3 Å². The van der Waals surface area contributed by atoms with Crippen LogP contribution in [0.5, 0.6) is 5.75 Å². The van der Waals surface area contributed by atoms with Crippen molar-refractivity contribution in [2.75, 3.05) is 0 Å². The van der Waals surface area contributed by atoms with Crippen LogP contribution in [0.3, 0.4) is 0 Å². The highest BCUT2D eigenvalue weighted by Crippen LogP contribution is 2.33. The summed E-state index contributed by atoms with van der Waals surface area (Å²) < 4.78 is 10.7. The summed E-state index contributed by atoms with van der Waals surface area (Å²) in [5.41, 5.74) is 1.42. The van der Waals surface area contributed by atoms with Gasteiger partial charge in [-0.1, -0.05) is 26.2 Å². The Morgan fingerprint density at radius 2 is 2.14 bits per heavy atom. The normalized spacial score (nSPS) is 21.9. The first-order chi connectivity index (χ1) is 10.8. The van der Waals surface area contributed by atoms with E-state index < -0.39 is 0 Å². The fourth-order valence-corrected chi connectivity index (χ4v) is 3.28. The van der Waals surface area contributed by atoms with E-state index in [0.717, 1.165) is 31.6 Å². The first-order valence-electron chi connectivity index (χ1n) is 8.31. The molecule has 1 aromatic heterocycles. The molecule has 0 atom stereocenters. The molecule has 0 unspecified atom stereocenters. The van der Waals surface area contributed by atoms with Gasteiger partial charge in [0.15, 0.2) is 12.0 Å². The summed E-state index contributed by atoms with van der Waals surface area (Å²) in [6.07, 6.45) is 9.49. The van der Waals surface area contributed by atoms with Crippen LogP contribution in [0.4, 0.5) is 0 Å². The fourth-order valence-electron chi connectivity index (χ4n) is 3.28. The molecule has 1 fully saturated rings. The van der Waals surface area contributed by atoms with E-state index in [9.17, 15) is 4.79 Å². The van der Waals surface area contributed by atoms with E-state index in [1.165, 1.54) is 25.7 Å². The molecule has 1 aliphatic carbocycles. The molecule has 1 saturated carbocycles. The van der Waals surface area contributed by atoms with E-state index in [1.54, 1.807) is 18.2 Å². The van der Waals surface area contributed by atoms with Crippen molar-refractivity contribution >= 4 is 17.1 Å². The molecule has 118 valence electrons. The first-order valence-corrected chi connectivity index (χ1v) is 8.31. The van der Waals surface area contributed by atoms with Gasteiger partial charge in [0.05, 0.1) is 5.92 Å². The molecule has 4 nitrogen and oxygen atoms in total. The van der Waals surface area contributed by atoms with Gasteiger partial charge in [0, 0.05) is 6.07 Å². The lowest BCUT2D eigenvalue weighted by Crippen LogP contribution is -2.25. The average Bonchev–Trinajstić information content (AvgIpc) is 3.01. The predicted molar refractivity (Wildman–Crippen MR) is 84.6 cm³/mol. The number of fused-ring (bicyclic) bond motifs is 1. The Morgan fingerprint density at radius 1 is 1.32 bits per heavy atom. The second-order valence-corrected chi connectivity index (χ2v) is 6.26. The number of rotatable bonds is 5. The summed E-state index contributed by atoms with van der Waals surface area (Å²) in [6, 6.07) is 5.30. The van der Waals surface area contributed by atoms with Crippen LogP contribution in [0.2, 0.25) is 0 Å². The van der Waals surface area contributed by atoms with Crippen LogP contribution in [0, 0.1) is 11.8 Å². The van der Waals surface area contributed by atoms with Crippen molar-refractivity contribution in [2.45, 2.75) is 51.9 Å². The number of esters is 1. The van der Waals surface area contributed by atoms with Gasteiger partial charge in [-0.3, -0.25) is 4.79 Å². The number of carbonyl (C=O) groups is 1. The lowest BCUT2D eigenvalue weighted by molar-refractivity contribution is -0.140. The van der Waals surface area contributed by atoms with Crippen molar-refractivity contribution in [2.24, 2.45) is 11.8 Å². The molecule has 0 bridgehead atoms. The molecule has 0 radical (unpaired) electrons. The molecule has 2 aromatic rings. The molecular formula is C18H23NO3. The minimum absolute atomic E-state index is 0.0471. The largest absolute Gasteiger partial charge is 0.443 e. The summed E-state index contributed by atoms with van der Waals surface area (Å²) in [7, 11) is 0. The van der Waals surface area contributed by atoms with Gasteiger partial charge in [0.25, 0.3) is 0 Å². The lowest BCUT2D eigenvalue weighted by Gasteiger charge is -2.27. The van der Waals surface area contributed by atoms with Gasteiger partial charge >= 0.3 is 5.97 Å². The maximum atomic E-state index is 12.3. The quantitative estimate of drug-likeness (QED) is 0.592. The molecule has 0 saturated heterocycles. The summed E-state index contributed by atoms with van der Waals surface area (Å²) in [4.78, 5) is 16.4. The van der Waals surface area contributed by atoms with Crippen molar-refractivity contribution in [1.82, 2.24) is 4.98 Å². The molecule has 1 aliphatic rings. The molecule has 0 N–H and O–H groups in total. The Labute approximate surface area is 130 Å². The molecule has 0 amide bonds. The molecule has 22 heavy (non-hydrogen) atoms. The SMILES string of the molecule is CCCCC1CCC(C(=O)Oc2ccc3ocnc3c2)CC1. The Kier molecular flexibility index (Phi) is 4.76. The van der Waals surface area contributed by atoms with Crippen LogP contribution in [0.25, 0.3) is 11.1 Å². The van der Waals surface area contributed by atoms with Gasteiger partial charge in [-0.15, -0.1) is 0 Å². The van der Waals surface area contributed by atoms with E-state index in [4.69, 9.17) is 9.15 Å². The average molecular weight is 301 g/mol. The van der Waals surface area contributed by atoms with Crippen LogP contribution in [0.1, 0.15) is 51.9 Å². The number of ether oxygens (including phenoxy) is 1. The van der Waals surface area contributed by atoms with Crippen molar-refractivity contribution in [3.8, 4) is 5.75 Å². The standard InChI is InChI=1S/C18H23NO3/c1-2-3-4-13-5-7-14(8-6-13)18(20)22-15-9-10-17-16(11-15)19-12-21-17/h9-14H,2-8H2,1H3.